The average Bonchev–Trinajstić information content (AvgIpc) is 2.96. The van der Waals surface area contributed by atoms with Crippen LogP contribution in [0.4, 0.5) is 5.69 Å². The summed E-state index contributed by atoms with van der Waals surface area (Å²) in [5, 5.41) is 10.4. The normalized spacial score (nSPS) is 19.4. The summed E-state index contributed by atoms with van der Waals surface area (Å²) >= 11 is 0. The minimum atomic E-state index is -3.23. The molecule has 0 aromatic heterocycles. The SMILES string of the molecule is [CH2-]CCCCCC1CCS(=O)(=O)N1c1ccc(C(O)CCCCCC)cc1.[Y]. The van der Waals surface area contributed by atoms with E-state index in [0.717, 1.165) is 62.6 Å². The predicted molar refractivity (Wildman–Crippen MR) is 113 cm³/mol. The first-order valence-corrected chi connectivity index (χ1v) is 12.2. The molecule has 1 aliphatic heterocycles. The van der Waals surface area contributed by atoms with Crippen LogP contribution in [-0.2, 0) is 42.7 Å². The molecule has 2 unspecified atom stereocenters. The zero-order valence-corrected chi connectivity index (χ0v) is 21.0. The zero-order valence-electron chi connectivity index (χ0n) is 17.4. The quantitative estimate of drug-likeness (QED) is 0.321. The molecule has 4 nitrogen and oxygen atoms in total. The van der Waals surface area contributed by atoms with E-state index in [9.17, 15) is 13.5 Å². The third-order valence-electron chi connectivity index (χ3n) is 5.49. The van der Waals surface area contributed by atoms with Crippen LogP contribution < -0.4 is 4.31 Å². The van der Waals surface area contributed by atoms with Gasteiger partial charge in [-0.1, -0.05) is 64.0 Å². The largest absolute Gasteiger partial charge is 0.388 e. The number of rotatable bonds is 12. The second-order valence-corrected chi connectivity index (χ2v) is 9.68. The van der Waals surface area contributed by atoms with E-state index in [1.54, 1.807) is 4.31 Å². The Hall–Kier alpha value is 0.0339. The molecule has 6 heteroatoms. The van der Waals surface area contributed by atoms with Gasteiger partial charge in [-0.15, -0.1) is 0 Å². The van der Waals surface area contributed by atoms with Crippen LogP contribution in [-0.4, -0.2) is 25.3 Å². The van der Waals surface area contributed by atoms with Crippen LogP contribution in [0, 0.1) is 6.92 Å². The van der Waals surface area contributed by atoms with Crippen LogP contribution in [0.15, 0.2) is 24.3 Å². The summed E-state index contributed by atoms with van der Waals surface area (Å²) in [4.78, 5) is 0. The van der Waals surface area contributed by atoms with Crippen LogP contribution in [0.2, 0.25) is 0 Å². The van der Waals surface area contributed by atoms with Crippen molar-refractivity contribution in [1.82, 2.24) is 0 Å². The maximum absolute atomic E-state index is 12.5. The summed E-state index contributed by atoms with van der Waals surface area (Å²) in [6, 6.07) is 7.54. The van der Waals surface area contributed by atoms with Gasteiger partial charge in [-0.3, -0.25) is 4.31 Å². The van der Waals surface area contributed by atoms with E-state index in [-0.39, 0.29) is 44.5 Å². The van der Waals surface area contributed by atoms with Gasteiger partial charge in [0.25, 0.3) is 0 Å². The fourth-order valence-electron chi connectivity index (χ4n) is 3.87. The molecule has 0 saturated carbocycles. The molecule has 1 radical (unpaired) electrons. The van der Waals surface area contributed by atoms with Crippen molar-refractivity contribution in [3.05, 3.63) is 36.8 Å². The maximum atomic E-state index is 12.5. The van der Waals surface area contributed by atoms with E-state index < -0.39 is 16.1 Å². The van der Waals surface area contributed by atoms with E-state index >= 15 is 0 Å². The summed E-state index contributed by atoms with van der Waals surface area (Å²) in [7, 11) is -3.23. The Morgan fingerprint density at radius 3 is 2.43 bits per heavy atom. The average molecular weight is 484 g/mol. The summed E-state index contributed by atoms with van der Waals surface area (Å²) in [5.41, 5.74) is 1.61. The van der Waals surface area contributed by atoms with Gasteiger partial charge in [0.15, 0.2) is 0 Å². The number of nitrogens with zero attached hydrogens (tertiary/aromatic N) is 1. The molecule has 0 amide bonds. The van der Waals surface area contributed by atoms with Crippen LogP contribution in [0.25, 0.3) is 0 Å². The molecular weight excluding hydrogens is 447 g/mol. The topological polar surface area (TPSA) is 57.6 Å². The van der Waals surface area contributed by atoms with Crippen molar-refractivity contribution in [3.8, 4) is 0 Å². The molecule has 1 N–H and O–H groups in total. The molecule has 2 atom stereocenters. The summed E-state index contributed by atoms with van der Waals surface area (Å²) < 4.78 is 26.7. The van der Waals surface area contributed by atoms with Gasteiger partial charge in [0, 0.05) is 38.8 Å². The van der Waals surface area contributed by atoms with Crippen LogP contribution in [0.3, 0.4) is 0 Å². The van der Waals surface area contributed by atoms with Gasteiger partial charge in [0.05, 0.1) is 17.5 Å². The van der Waals surface area contributed by atoms with Crippen molar-refractivity contribution >= 4 is 15.7 Å². The number of anilines is 1. The number of sulfonamides is 1. The summed E-state index contributed by atoms with van der Waals surface area (Å²) in [5.74, 6) is 0.231. The van der Waals surface area contributed by atoms with Gasteiger partial charge >= 0.3 is 0 Å². The molecule has 0 bridgehead atoms. The van der Waals surface area contributed by atoms with Gasteiger partial charge < -0.3 is 12.0 Å². The number of benzene rings is 1. The van der Waals surface area contributed by atoms with Crippen molar-refractivity contribution in [3.63, 3.8) is 0 Å². The molecule has 28 heavy (non-hydrogen) atoms. The third kappa shape index (κ3) is 7.70. The number of hydrogen-bond acceptors (Lipinski definition) is 3. The second-order valence-electron chi connectivity index (χ2n) is 7.71. The van der Waals surface area contributed by atoms with E-state index in [1.165, 1.54) is 12.8 Å². The first-order chi connectivity index (χ1) is 13.0. The first-order valence-electron chi connectivity index (χ1n) is 10.6. The van der Waals surface area contributed by atoms with Crippen LogP contribution >= 0.6 is 0 Å². The smallest absolute Gasteiger partial charge is 0.235 e. The summed E-state index contributed by atoms with van der Waals surface area (Å²) in [6.45, 7) is 6.04. The van der Waals surface area contributed by atoms with Crippen LogP contribution in [0.1, 0.15) is 89.2 Å². The van der Waals surface area contributed by atoms with Gasteiger partial charge in [-0.2, -0.15) is 6.42 Å². The van der Waals surface area contributed by atoms with Gasteiger partial charge in [-0.05, 0) is 37.0 Å². The molecule has 2 rings (SSSR count). The van der Waals surface area contributed by atoms with Crippen molar-refractivity contribution in [1.29, 1.82) is 0 Å². The zero-order chi connectivity index (χ0) is 19.7. The van der Waals surface area contributed by atoms with Crippen molar-refractivity contribution in [2.24, 2.45) is 0 Å². The number of unbranched alkanes of at least 4 members (excludes halogenated alkanes) is 6. The molecule has 1 heterocycles. The van der Waals surface area contributed by atoms with Crippen LogP contribution in [0.5, 0.6) is 0 Å². The first kappa shape index (κ1) is 26.1. The van der Waals surface area contributed by atoms with E-state index in [1.807, 2.05) is 24.3 Å². The standard InChI is InChI=1S/C22H36NO3S.Y/c1-3-5-7-9-11-20-17-18-27(25,26)23(20)21-15-13-19(14-16-21)22(24)12-10-8-6-4-2;/h13-16,20,22,24H,1,3-12,17-18H2,2H3;/q-1;. The molecule has 1 aromatic carbocycles. The van der Waals surface area contributed by atoms with Crippen molar-refractivity contribution < 1.29 is 46.2 Å². The number of aliphatic hydroxyl groups excluding tert-OH is 1. The van der Waals surface area contributed by atoms with E-state index in [2.05, 4.69) is 13.8 Å². The number of hydrogen-bond donors (Lipinski definition) is 1. The molecule has 0 spiro atoms. The monoisotopic (exact) mass is 483 g/mol. The molecule has 1 saturated heterocycles. The minimum absolute atomic E-state index is 0. The second kappa shape index (κ2) is 13.4. The van der Waals surface area contributed by atoms with Crippen molar-refractivity contribution in [2.45, 2.75) is 89.7 Å². The molecule has 1 fully saturated rings. The maximum Gasteiger partial charge on any atom is 0.235 e. The van der Waals surface area contributed by atoms with E-state index in [4.69, 9.17) is 0 Å². The Kier molecular flexibility index (Phi) is 12.4. The Labute approximate surface area is 197 Å². The molecule has 1 aromatic rings. The molecule has 0 aliphatic carbocycles. The molecular formula is C22H36NO3SY-. The Balaban J connectivity index is 0.00000392. The van der Waals surface area contributed by atoms with Gasteiger partial charge in [0.2, 0.25) is 10.0 Å². The Bertz CT molecular complexity index is 648. The molecule has 157 valence electrons. The molecule has 1 aliphatic rings. The predicted octanol–water partition coefficient (Wildman–Crippen LogP) is 5.38. The third-order valence-corrected chi connectivity index (χ3v) is 7.35. The summed E-state index contributed by atoms with van der Waals surface area (Å²) in [6.07, 6.45) is 10.6. The minimum Gasteiger partial charge on any atom is -0.388 e. The van der Waals surface area contributed by atoms with Gasteiger partial charge in [-0.25, -0.2) is 8.42 Å². The fourth-order valence-corrected chi connectivity index (χ4v) is 5.74. The van der Waals surface area contributed by atoms with Crippen molar-refractivity contribution in [2.75, 3.05) is 10.1 Å². The Morgan fingerprint density at radius 1 is 1.11 bits per heavy atom. The Morgan fingerprint density at radius 2 is 1.79 bits per heavy atom. The fraction of sp³-hybridized carbons (Fsp3) is 0.682. The number of aliphatic hydroxyl groups is 1. The van der Waals surface area contributed by atoms with E-state index in [0.29, 0.717) is 6.42 Å². The van der Waals surface area contributed by atoms with Gasteiger partial charge in [0.1, 0.15) is 0 Å².